The van der Waals surface area contributed by atoms with Gasteiger partial charge in [0.15, 0.2) is 0 Å². The molecule has 1 aliphatic rings. The minimum atomic E-state index is -4.63. The molecule has 166 valence electrons. The summed E-state index contributed by atoms with van der Waals surface area (Å²) in [5, 5.41) is 30.9. The highest BCUT2D eigenvalue weighted by Gasteiger charge is 2.36. The Bertz CT molecular complexity index is 1140. The van der Waals surface area contributed by atoms with Crippen LogP contribution < -0.4 is 4.74 Å². The van der Waals surface area contributed by atoms with Crippen LogP contribution >= 0.6 is 0 Å². The van der Waals surface area contributed by atoms with Crippen LogP contribution in [0.3, 0.4) is 0 Å². The van der Waals surface area contributed by atoms with Gasteiger partial charge in [0.1, 0.15) is 5.75 Å². The highest BCUT2D eigenvalue weighted by Crippen LogP contribution is 2.43. The van der Waals surface area contributed by atoms with Crippen molar-refractivity contribution in [1.82, 2.24) is 0 Å². The molecule has 0 fully saturated rings. The second kappa shape index (κ2) is 8.29. The van der Waals surface area contributed by atoms with Gasteiger partial charge in [-0.2, -0.15) is 13.2 Å². The van der Waals surface area contributed by atoms with Gasteiger partial charge < -0.3 is 20.1 Å². The van der Waals surface area contributed by atoms with Crippen molar-refractivity contribution in [3.05, 3.63) is 89.0 Å². The molecule has 0 radical (unpaired) electrons. The van der Waals surface area contributed by atoms with Crippen LogP contribution in [0.2, 0.25) is 0 Å². The topological polar surface area (TPSA) is 87.0 Å². The highest BCUT2D eigenvalue weighted by atomic mass is 19.4. The van der Waals surface area contributed by atoms with E-state index in [1.807, 2.05) is 0 Å². The van der Waals surface area contributed by atoms with Gasteiger partial charge in [0, 0.05) is 5.56 Å². The van der Waals surface area contributed by atoms with E-state index in [1.54, 1.807) is 30.3 Å². The molecule has 5 nitrogen and oxygen atoms in total. The summed E-state index contributed by atoms with van der Waals surface area (Å²) in [5.74, 6) is -1.79. The van der Waals surface area contributed by atoms with Crippen molar-refractivity contribution in [2.75, 3.05) is 6.61 Å². The molecule has 0 bridgehead atoms. The summed E-state index contributed by atoms with van der Waals surface area (Å²) in [4.78, 5) is 11.6. The Kier molecular flexibility index (Phi) is 5.66. The average Bonchev–Trinajstić information content (AvgIpc) is 2.78. The number of benzene rings is 3. The third kappa shape index (κ3) is 4.06. The molecule has 0 saturated carbocycles. The first-order valence-corrected chi connectivity index (χ1v) is 9.79. The first-order chi connectivity index (χ1) is 15.2. The molecule has 3 atom stereocenters. The number of aliphatic hydroxyl groups excluding tert-OH is 2. The number of hydrogen-bond donors (Lipinski definition) is 3. The zero-order valence-corrected chi connectivity index (χ0v) is 16.6. The van der Waals surface area contributed by atoms with Crippen molar-refractivity contribution in [3.8, 4) is 16.9 Å². The third-order valence-electron chi connectivity index (χ3n) is 5.60. The van der Waals surface area contributed by atoms with E-state index in [-0.39, 0.29) is 29.0 Å². The Hall–Kier alpha value is -3.36. The van der Waals surface area contributed by atoms with Gasteiger partial charge in [0.2, 0.25) is 0 Å². The van der Waals surface area contributed by atoms with Crippen molar-refractivity contribution in [3.63, 3.8) is 0 Å². The average molecular weight is 444 g/mol. The third-order valence-corrected chi connectivity index (χ3v) is 5.60. The molecule has 8 heteroatoms. The summed E-state index contributed by atoms with van der Waals surface area (Å²) < 4.78 is 45.2. The lowest BCUT2D eigenvalue weighted by Gasteiger charge is -2.33. The van der Waals surface area contributed by atoms with E-state index in [4.69, 9.17) is 4.74 Å². The van der Waals surface area contributed by atoms with Crippen molar-refractivity contribution < 1.29 is 38.0 Å². The normalized spacial score (nSPS) is 19.0. The van der Waals surface area contributed by atoms with Crippen LogP contribution in [0.25, 0.3) is 11.1 Å². The predicted octanol–water partition coefficient (Wildman–Crippen LogP) is 4.85. The van der Waals surface area contributed by atoms with Gasteiger partial charge in [-0.05, 0) is 41.0 Å². The number of fused-ring (bicyclic) bond motifs is 1. The van der Waals surface area contributed by atoms with Gasteiger partial charge >= 0.3 is 12.1 Å². The second-order valence-electron chi connectivity index (χ2n) is 7.59. The second-order valence-corrected chi connectivity index (χ2v) is 7.59. The van der Waals surface area contributed by atoms with E-state index in [2.05, 4.69) is 0 Å². The van der Waals surface area contributed by atoms with E-state index in [1.165, 1.54) is 18.2 Å². The molecule has 0 amide bonds. The van der Waals surface area contributed by atoms with Gasteiger partial charge in [-0.15, -0.1) is 0 Å². The molecular formula is C24H19F3O5. The fourth-order valence-electron chi connectivity index (χ4n) is 3.89. The lowest BCUT2D eigenvalue weighted by molar-refractivity contribution is -0.137. The summed E-state index contributed by atoms with van der Waals surface area (Å²) in [7, 11) is 0. The van der Waals surface area contributed by atoms with Crippen LogP contribution in [-0.4, -0.2) is 27.9 Å². The summed E-state index contributed by atoms with van der Waals surface area (Å²) in [6, 6.07) is 15.6. The standard InChI is InChI=1S/C24H19F3O5/c25-24(26,27)15-7-9-16(23(30)31)18(11-15)14-6-8-17-20(10-14)32-12-19(22(17)29)21(28)13-4-2-1-3-5-13/h1-11,19,21-22,28-29H,12H2,(H,30,31). The quantitative estimate of drug-likeness (QED) is 0.536. The zero-order valence-electron chi connectivity index (χ0n) is 16.6. The van der Waals surface area contributed by atoms with Crippen LogP contribution in [0.15, 0.2) is 66.7 Å². The number of ether oxygens (including phenoxy) is 1. The largest absolute Gasteiger partial charge is 0.493 e. The summed E-state index contributed by atoms with van der Waals surface area (Å²) >= 11 is 0. The van der Waals surface area contributed by atoms with Crippen molar-refractivity contribution in [2.45, 2.75) is 18.4 Å². The van der Waals surface area contributed by atoms with Crippen LogP contribution in [0.5, 0.6) is 5.75 Å². The molecule has 0 aliphatic carbocycles. The van der Waals surface area contributed by atoms with Gasteiger partial charge in [0.05, 0.1) is 35.9 Å². The predicted molar refractivity (Wildman–Crippen MR) is 109 cm³/mol. The minimum absolute atomic E-state index is 0.0257. The monoisotopic (exact) mass is 444 g/mol. The molecule has 4 rings (SSSR count). The molecule has 3 aromatic rings. The number of hydrogen-bond acceptors (Lipinski definition) is 4. The molecule has 3 unspecified atom stereocenters. The van der Waals surface area contributed by atoms with Crippen LogP contribution in [0.1, 0.15) is 39.3 Å². The van der Waals surface area contributed by atoms with Crippen molar-refractivity contribution in [1.29, 1.82) is 0 Å². The van der Waals surface area contributed by atoms with Gasteiger partial charge in [-0.1, -0.05) is 42.5 Å². The number of alkyl halides is 3. The fourth-order valence-corrected chi connectivity index (χ4v) is 3.89. The number of aromatic carboxylic acids is 1. The van der Waals surface area contributed by atoms with Gasteiger partial charge in [0.25, 0.3) is 0 Å². The number of aliphatic hydroxyl groups is 2. The maximum Gasteiger partial charge on any atom is 0.416 e. The molecule has 32 heavy (non-hydrogen) atoms. The van der Waals surface area contributed by atoms with E-state index < -0.39 is 35.8 Å². The van der Waals surface area contributed by atoms with Crippen LogP contribution in [0.4, 0.5) is 13.2 Å². The fraction of sp³-hybridized carbons (Fsp3) is 0.208. The summed E-state index contributed by atoms with van der Waals surface area (Å²) in [6.45, 7) is -0.0257. The summed E-state index contributed by atoms with van der Waals surface area (Å²) in [6.07, 6.45) is -6.70. The Labute approximate surface area is 181 Å². The van der Waals surface area contributed by atoms with E-state index in [9.17, 15) is 33.3 Å². The number of rotatable bonds is 4. The van der Waals surface area contributed by atoms with E-state index in [0.717, 1.165) is 18.2 Å². The van der Waals surface area contributed by atoms with Crippen LogP contribution in [-0.2, 0) is 6.18 Å². The smallest absolute Gasteiger partial charge is 0.416 e. The first-order valence-electron chi connectivity index (χ1n) is 9.79. The number of carbonyl (C=O) groups is 1. The molecule has 3 aromatic carbocycles. The Balaban J connectivity index is 1.70. The molecule has 0 spiro atoms. The number of halogens is 3. The Morgan fingerprint density at radius 1 is 1.03 bits per heavy atom. The lowest BCUT2D eigenvalue weighted by atomic mass is 9.85. The van der Waals surface area contributed by atoms with Gasteiger partial charge in [-0.3, -0.25) is 0 Å². The molecule has 0 aromatic heterocycles. The number of carboxylic acid groups (broad SMARTS) is 1. The Morgan fingerprint density at radius 3 is 2.41 bits per heavy atom. The van der Waals surface area contributed by atoms with Crippen LogP contribution in [0, 0.1) is 5.92 Å². The molecule has 1 heterocycles. The number of carboxylic acids is 1. The molecule has 3 N–H and O–H groups in total. The van der Waals surface area contributed by atoms with E-state index >= 15 is 0 Å². The van der Waals surface area contributed by atoms with Crippen molar-refractivity contribution in [2.24, 2.45) is 5.92 Å². The molecule has 1 aliphatic heterocycles. The lowest BCUT2D eigenvalue weighted by Crippen LogP contribution is -2.31. The zero-order chi connectivity index (χ0) is 23.0. The first kappa shape index (κ1) is 21.9. The molecule has 0 saturated heterocycles. The SMILES string of the molecule is O=C(O)c1ccc(C(F)(F)F)cc1-c1ccc2c(c1)OCC(C(O)c1ccccc1)C2O. The van der Waals surface area contributed by atoms with Crippen molar-refractivity contribution >= 4 is 5.97 Å². The highest BCUT2D eigenvalue weighted by molar-refractivity contribution is 5.96. The van der Waals surface area contributed by atoms with Gasteiger partial charge in [-0.25, -0.2) is 4.79 Å². The molecular weight excluding hydrogens is 425 g/mol. The maximum atomic E-state index is 13.2. The maximum absolute atomic E-state index is 13.2. The minimum Gasteiger partial charge on any atom is -0.493 e. The van der Waals surface area contributed by atoms with E-state index in [0.29, 0.717) is 11.1 Å². The Morgan fingerprint density at radius 2 is 1.75 bits per heavy atom. The summed E-state index contributed by atoms with van der Waals surface area (Å²) in [5.41, 5.74) is -0.172.